The minimum atomic E-state index is -1.14. The van der Waals surface area contributed by atoms with E-state index in [4.69, 9.17) is 9.47 Å². The molecule has 1 atom stereocenters. The number of methoxy groups -OCH3 is 1. The molecular weight excluding hydrogens is 296 g/mol. The fraction of sp³-hybridized carbons (Fsp3) is 0.118. The van der Waals surface area contributed by atoms with Gasteiger partial charge in [-0.3, -0.25) is 5.10 Å². The van der Waals surface area contributed by atoms with Crippen molar-refractivity contribution in [1.29, 1.82) is 0 Å². The van der Waals surface area contributed by atoms with Crippen LogP contribution in [-0.4, -0.2) is 29.2 Å². The zero-order valence-electron chi connectivity index (χ0n) is 12.4. The Labute approximate surface area is 132 Å². The molecule has 0 bridgehead atoms. The topological polar surface area (TPSA) is 81.3 Å². The van der Waals surface area contributed by atoms with Crippen molar-refractivity contribution in [3.8, 4) is 0 Å². The first-order valence-electron chi connectivity index (χ1n) is 6.97. The number of esters is 2. The summed E-state index contributed by atoms with van der Waals surface area (Å²) in [6, 6.07) is 15.9. The summed E-state index contributed by atoms with van der Waals surface area (Å²) in [5.41, 5.74) is 1.38. The van der Waals surface area contributed by atoms with Crippen molar-refractivity contribution in [1.82, 2.24) is 10.2 Å². The van der Waals surface area contributed by atoms with Crippen LogP contribution in [-0.2, 0) is 14.3 Å². The highest BCUT2D eigenvalue weighted by Crippen LogP contribution is 2.22. The Hall–Kier alpha value is -3.15. The van der Waals surface area contributed by atoms with Gasteiger partial charge in [0.25, 0.3) is 0 Å². The maximum atomic E-state index is 12.4. The highest BCUT2D eigenvalue weighted by atomic mass is 16.6. The molecule has 0 saturated heterocycles. The predicted molar refractivity (Wildman–Crippen MR) is 82.7 cm³/mol. The maximum absolute atomic E-state index is 12.4. The first kappa shape index (κ1) is 14.8. The Morgan fingerprint density at radius 3 is 2.48 bits per heavy atom. The van der Waals surface area contributed by atoms with Crippen LogP contribution in [0.4, 0.5) is 0 Å². The number of hydrogen-bond acceptors (Lipinski definition) is 5. The van der Waals surface area contributed by atoms with E-state index in [0.717, 1.165) is 0 Å². The lowest BCUT2D eigenvalue weighted by Crippen LogP contribution is -2.21. The van der Waals surface area contributed by atoms with Gasteiger partial charge in [0.2, 0.25) is 6.10 Å². The number of fused-ring (bicyclic) bond motifs is 1. The molecule has 6 heteroatoms. The van der Waals surface area contributed by atoms with Crippen LogP contribution >= 0.6 is 0 Å². The molecule has 6 nitrogen and oxygen atoms in total. The number of aromatic nitrogens is 2. The fourth-order valence-electron chi connectivity index (χ4n) is 2.27. The molecule has 0 spiro atoms. The number of hydrogen-bond donors (Lipinski definition) is 1. The van der Waals surface area contributed by atoms with E-state index in [1.807, 2.05) is 6.07 Å². The van der Waals surface area contributed by atoms with Crippen molar-refractivity contribution >= 4 is 22.8 Å². The molecule has 0 aliphatic heterocycles. The number of aromatic amines is 1. The van der Waals surface area contributed by atoms with E-state index in [1.165, 1.54) is 7.11 Å². The monoisotopic (exact) mass is 310 g/mol. The highest BCUT2D eigenvalue weighted by molar-refractivity contribution is 6.02. The molecular formula is C17H14N2O4. The number of rotatable bonds is 4. The zero-order chi connectivity index (χ0) is 16.2. The Morgan fingerprint density at radius 2 is 1.74 bits per heavy atom. The van der Waals surface area contributed by atoms with Crippen LogP contribution in [0.1, 0.15) is 22.2 Å². The van der Waals surface area contributed by atoms with Crippen LogP contribution in [0.5, 0.6) is 0 Å². The van der Waals surface area contributed by atoms with E-state index in [0.29, 0.717) is 16.5 Å². The molecule has 1 heterocycles. The van der Waals surface area contributed by atoms with Gasteiger partial charge in [-0.2, -0.15) is 5.10 Å². The summed E-state index contributed by atoms with van der Waals surface area (Å²) in [5, 5.41) is 7.37. The standard InChI is InChI=1S/C17H14N2O4/c1-22-17(21)15(11-7-3-2-4-8-11)23-16(20)14-12-9-5-6-10-13(12)18-19-14/h2-10,15H,1H3,(H,18,19). The van der Waals surface area contributed by atoms with E-state index < -0.39 is 18.0 Å². The third-order valence-corrected chi connectivity index (χ3v) is 3.41. The van der Waals surface area contributed by atoms with Crippen molar-refractivity contribution in [2.75, 3.05) is 7.11 Å². The second-order valence-electron chi connectivity index (χ2n) is 4.84. The number of ether oxygens (including phenoxy) is 2. The number of benzene rings is 2. The summed E-state index contributed by atoms with van der Waals surface area (Å²) in [6.45, 7) is 0. The smallest absolute Gasteiger partial charge is 0.360 e. The molecule has 0 fully saturated rings. The number of nitrogens with one attached hydrogen (secondary N) is 1. The molecule has 1 N–H and O–H groups in total. The minimum absolute atomic E-state index is 0.130. The first-order valence-corrected chi connectivity index (χ1v) is 6.97. The summed E-state index contributed by atoms with van der Waals surface area (Å²) < 4.78 is 10.1. The molecule has 1 aromatic heterocycles. The molecule has 116 valence electrons. The summed E-state index contributed by atoms with van der Waals surface area (Å²) >= 11 is 0. The van der Waals surface area contributed by atoms with Gasteiger partial charge >= 0.3 is 11.9 Å². The number of H-pyrrole nitrogens is 1. The normalized spacial score (nSPS) is 11.9. The van der Waals surface area contributed by atoms with Crippen molar-refractivity contribution in [3.05, 3.63) is 65.9 Å². The van der Waals surface area contributed by atoms with Gasteiger partial charge < -0.3 is 9.47 Å². The lowest BCUT2D eigenvalue weighted by atomic mass is 10.1. The van der Waals surface area contributed by atoms with E-state index in [-0.39, 0.29) is 5.69 Å². The van der Waals surface area contributed by atoms with Crippen LogP contribution in [0, 0.1) is 0 Å². The van der Waals surface area contributed by atoms with Crippen LogP contribution < -0.4 is 0 Å². The molecule has 0 aliphatic carbocycles. The molecule has 3 rings (SSSR count). The van der Waals surface area contributed by atoms with Crippen molar-refractivity contribution < 1.29 is 19.1 Å². The summed E-state index contributed by atoms with van der Waals surface area (Å²) in [6.07, 6.45) is -1.14. The molecule has 1 unspecified atom stereocenters. The number of para-hydroxylation sites is 1. The molecule has 0 amide bonds. The van der Waals surface area contributed by atoms with Gasteiger partial charge in [0.05, 0.1) is 12.6 Å². The van der Waals surface area contributed by atoms with Gasteiger partial charge in [-0.25, -0.2) is 9.59 Å². The Morgan fingerprint density at radius 1 is 1.04 bits per heavy atom. The van der Waals surface area contributed by atoms with Gasteiger partial charge in [-0.1, -0.05) is 48.5 Å². The van der Waals surface area contributed by atoms with Crippen molar-refractivity contribution in [3.63, 3.8) is 0 Å². The van der Waals surface area contributed by atoms with Crippen molar-refractivity contribution in [2.24, 2.45) is 0 Å². The first-order chi connectivity index (χ1) is 11.2. The molecule has 2 aromatic carbocycles. The average Bonchev–Trinajstić information content (AvgIpc) is 3.04. The third kappa shape index (κ3) is 2.91. The molecule has 3 aromatic rings. The van der Waals surface area contributed by atoms with E-state index in [1.54, 1.807) is 48.5 Å². The average molecular weight is 310 g/mol. The maximum Gasteiger partial charge on any atom is 0.360 e. The van der Waals surface area contributed by atoms with Gasteiger partial charge in [0.1, 0.15) is 0 Å². The zero-order valence-corrected chi connectivity index (χ0v) is 12.4. The van der Waals surface area contributed by atoms with Gasteiger partial charge in [0.15, 0.2) is 5.69 Å². The minimum Gasteiger partial charge on any atom is -0.466 e. The Balaban J connectivity index is 1.91. The van der Waals surface area contributed by atoms with Crippen LogP contribution in [0.2, 0.25) is 0 Å². The van der Waals surface area contributed by atoms with E-state index in [2.05, 4.69) is 10.2 Å². The van der Waals surface area contributed by atoms with Crippen LogP contribution in [0.25, 0.3) is 10.9 Å². The summed E-state index contributed by atoms with van der Waals surface area (Å²) in [5.74, 6) is -1.34. The summed E-state index contributed by atoms with van der Waals surface area (Å²) in [4.78, 5) is 24.4. The highest BCUT2D eigenvalue weighted by Gasteiger charge is 2.28. The third-order valence-electron chi connectivity index (χ3n) is 3.41. The van der Waals surface area contributed by atoms with E-state index >= 15 is 0 Å². The Kier molecular flexibility index (Phi) is 4.05. The SMILES string of the molecule is COC(=O)C(OC(=O)c1n[nH]c2ccccc12)c1ccccc1. The van der Waals surface area contributed by atoms with Gasteiger partial charge in [-0.05, 0) is 6.07 Å². The van der Waals surface area contributed by atoms with Crippen LogP contribution in [0.3, 0.4) is 0 Å². The van der Waals surface area contributed by atoms with Crippen molar-refractivity contribution in [2.45, 2.75) is 6.10 Å². The van der Waals surface area contributed by atoms with Gasteiger partial charge in [0, 0.05) is 10.9 Å². The lowest BCUT2D eigenvalue weighted by Gasteiger charge is -2.15. The Bertz CT molecular complexity index is 842. The fourth-order valence-corrected chi connectivity index (χ4v) is 2.27. The molecule has 0 radical (unpaired) electrons. The second kappa shape index (κ2) is 6.31. The second-order valence-corrected chi connectivity index (χ2v) is 4.84. The lowest BCUT2D eigenvalue weighted by molar-refractivity contribution is -0.151. The van der Waals surface area contributed by atoms with Crippen LogP contribution in [0.15, 0.2) is 54.6 Å². The quantitative estimate of drug-likeness (QED) is 0.749. The van der Waals surface area contributed by atoms with Gasteiger partial charge in [-0.15, -0.1) is 0 Å². The van der Waals surface area contributed by atoms with E-state index in [9.17, 15) is 9.59 Å². The predicted octanol–water partition coefficient (Wildman–Crippen LogP) is 2.63. The number of carbonyl (C=O) groups excluding carboxylic acids is 2. The molecule has 23 heavy (non-hydrogen) atoms. The molecule has 0 saturated carbocycles. The summed E-state index contributed by atoms with van der Waals surface area (Å²) in [7, 11) is 1.25. The number of nitrogens with zero attached hydrogens (tertiary/aromatic N) is 1. The largest absolute Gasteiger partial charge is 0.466 e. The molecule has 0 aliphatic rings. The number of carbonyl (C=O) groups is 2.